The van der Waals surface area contributed by atoms with E-state index in [0.29, 0.717) is 17.1 Å². The second-order valence-electron chi connectivity index (χ2n) is 5.81. The number of carbonyl (C=O) groups is 1. The van der Waals surface area contributed by atoms with E-state index in [4.69, 9.17) is 9.47 Å². The summed E-state index contributed by atoms with van der Waals surface area (Å²) in [4.78, 5) is 12.2. The Labute approximate surface area is 160 Å². The topological polar surface area (TPSA) is 68.8 Å². The fraction of sp³-hybridized carbons (Fsp3) is 0.316. The second-order valence-corrected chi connectivity index (χ2v) is 5.81. The Balaban J connectivity index is 2.02. The van der Waals surface area contributed by atoms with Gasteiger partial charge in [0.15, 0.2) is 0 Å². The fourth-order valence-corrected chi connectivity index (χ4v) is 2.55. The van der Waals surface area contributed by atoms with Crippen molar-refractivity contribution in [3.63, 3.8) is 0 Å². The van der Waals surface area contributed by atoms with Crippen LogP contribution in [0.3, 0.4) is 0 Å². The summed E-state index contributed by atoms with van der Waals surface area (Å²) in [5.41, 5.74) is 0.888. The molecule has 6 nitrogen and oxygen atoms in total. The summed E-state index contributed by atoms with van der Waals surface area (Å²) in [6.45, 7) is 1.61. The van der Waals surface area contributed by atoms with E-state index in [1.54, 1.807) is 31.2 Å². The summed E-state index contributed by atoms with van der Waals surface area (Å²) >= 11 is 0. The van der Waals surface area contributed by atoms with E-state index in [1.165, 1.54) is 32.4 Å². The third kappa shape index (κ3) is 5.97. The number of urea groups is 1. The standard InChI is InChI=1S/C19H21F3N2O4/c1-12(15-10-14(26-2)8-9-17(15)27-3)24-18(25)23-11-13-6-4-5-7-16(13)28-19(20,21)22/h4-10,12H,11H2,1-3H3,(H2,23,24,25). The summed E-state index contributed by atoms with van der Waals surface area (Å²) in [6, 6.07) is 9.79. The van der Waals surface area contributed by atoms with Crippen LogP contribution in [-0.2, 0) is 6.54 Å². The van der Waals surface area contributed by atoms with Gasteiger partial charge in [-0.25, -0.2) is 4.79 Å². The summed E-state index contributed by atoms with van der Waals surface area (Å²) in [5, 5.41) is 5.23. The van der Waals surface area contributed by atoms with Gasteiger partial charge in [0.25, 0.3) is 0 Å². The molecule has 0 spiro atoms. The van der Waals surface area contributed by atoms with Crippen LogP contribution in [0.1, 0.15) is 24.1 Å². The molecule has 0 saturated carbocycles. The van der Waals surface area contributed by atoms with Crippen LogP contribution in [-0.4, -0.2) is 26.6 Å². The number of rotatable bonds is 7. The smallest absolute Gasteiger partial charge is 0.497 e. The third-order valence-corrected chi connectivity index (χ3v) is 3.89. The minimum absolute atomic E-state index is 0.139. The van der Waals surface area contributed by atoms with Crippen molar-refractivity contribution in [2.24, 2.45) is 0 Å². The molecule has 0 aliphatic carbocycles. The molecular formula is C19H21F3N2O4. The number of para-hydroxylation sites is 1. The second kappa shape index (κ2) is 9.20. The molecule has 0 aliphatic rings. The zero-order chi connectivity index (χ0) is 20.7. The Morgan fingerprint density at radius 3 is 2.43 bits per heavy atom. The zero-order valence-electron chi connectivity index (χ0n) is 15.6. The average molecular weight is 398 g/mol. The molecule has 9 heteroatoms. The molecule has 2 aromatic carbocycles. The van der Waals surface area contributed by atoms with Crippen LogP contribution in [0, 0.1) is 0 Å². The van der Waals surface area contributed by atoms with E-state index in [0.717, 1.165) is 0 Å². The maximum absolute atomic E-state index is 12.5. The zero-order valence-corrected chi connectivity index (χ0v) is 15.6. The van der Waals surface area contributed by atoms with Gasteiger partial charge in [-0.1, -0.05) is 18.2 Å². The molecule has 152 valence electrons. The molecule has 0 fully saturated rings. The first-order chi connectivity index (χ1) is 13.2. The van der Waals surface area contributed by atoms with Crippen molar-refractivity contribution < 1.29 is 32.2 Å². The highest BCUT2D eigenvalue weighted by Gasteiger charge is 2.32. The van der Waals surface area contributed by atoms with Gasteiger partial charge >= 0.3 is 12.4 Å². The molecule has 0 heterocycles. The Bertz CT molecular complexity index is 812. The largest absolute Gasteiger partial charge is 0.573 e. The molecule has 0 radical (unpaired) electrons. The Morgan fingerprint density at radius 2 is 1.79 bits per heavy atom. The van der Waals surface area contributed by atoms with E-state index >= 15 is 0 Å². The van der Waals surface area contributed by atoms with Crippen LogP contribution < -0.4 is 24.8 Å². The van der Waals surface area contributed by atoms with Crippen molar-refractivity contribution in [2.45, 2.75) is 25.9 Å². The fourth-order valence-electron chi connectivity index (χ4n) is 2.55. The molecule has 1 unspecified atom stereocenters. The van der Waals surface area contributed by atoms with Gasteiger partial charge in [0.05, 0.1) is 20.3 Å². The van der Waals surface area contributed by atoms with Gasteiger partial charge in [-0.15, -0.1) is 13.2 Å². The summed E-state index contributed by atoms with van der Waals surface area (Å²) in [6.07, 6.45) is -4.81. The number of amides is 2. The lowest BCUT2D eigenvalue weighted by molar-refractivity contribution is -0.274. The minimum atomic E-state index is -4.81. The maximum atomic E-state index is 12.5. The summed E-state index contributed by atoms with van der Waals surface area (Å²) < 4.78 is 51.8. The lowest BCUT2D eigenvalue weighted by Crippen LogP contribution is -2.36. The molecule has 0 saturated heterocycles. The molecule has 28 heavy (non-hydrogen) atoms. The van der Waals surface area contributed by atoms with Crippen LogP contribution in [0.4, 0.5) is 18.0 Å². The van der Waals surface area contributed by atoms with Gasteiger partial charge in [-0.05, 0) is 31.2 Å². The van der Waals surface area contributed by atoms with E-state index in [-0.39, 0.29) is 17.9 Å². The van der Waals surface area contributed by atoms with Gasteiger partial charge in [0, 0.05) is 17.7 Å². The Hall–Kier alpha value is -3.10. The normalized spacial score (nSPS) is 12.1. The van der Waals surface area contributed by atoms with Crippen LogP contribution in [0.25, 0.3) is 0 Å². The third-order valence-electron chi connectivity index (χ3n) is 3.89. The Morgan fingerprint density at radius 1 is 1.07 bits per heavy atom. The minimum Gasteiger partial charge on any atom is -0.497 e. The van der Waals surface area contributed by atoms with Crippen LogP contribution in [0.5, 0.6) is 17.2 Å². The lowest BCUT2D eigenvalue weighted by atomic mass is 10.1. The molecule has 2 amide bonds. The van der Waals surface area contributed by atoms with Gasteiger partial charge in [0.1, 0.15) is 17.2 Å². The number of methoxy groups -OCH3 is 2. The highest BCUT2D eigenvalue weighted by atomic mass is 19.4. The summed E-state index contributed by atoms with van der Waals surface area (Å²) in [5.74, 6) is 0.804. The van der Waals surface area contributed by atoms with Gasteiger partial charge in [0.2, 0.25) is 0 Å². The van der Waals surface area contributed by atoms with Crippen LogP contribution in [0.15, 0.2) is 42.5 Å². The molecule has 0 aromatic heterocycles. The highest BCUT2D eigenvalue weighted by Crippen LogP contribution is 2.29. The number of carbonyl (C=O) groups excluding carboxylic acids is 1. The van der Waals surface area contributed by atoms with Crippen molar-refractivity contribution in [2.75, 3.05) is 14.2 Å². The predicted molar refractivity (Wildman–Crippen MR) is 96.5 cm³/mol. The number of hydrogen-bond acceptors (Lipinski definition) is 4. The van der Waals surface area contributed by atoms with Crippen molar-refractivity contribution in [3.8, 4) is 17.2 Å². The van der Waals surface area contributed by atoms with Crippen molar-refractivity contribution in [3.05, 3.63) is 53.6 Å². The molecule has 1 atom stereocenters. The number of halogens is 3. The van der Waals surface area contributed by atoms with Crippen molar-refractivity contribution in [1.82, 2.24) is 10.6 Å². The number of ether oxygens (including phenoxy) is 3. The van der Waals surface area contributed by atoms with Crippen LogP contribution in [0.2, 0.25) is 0 Å². The molecule has 2 rings (SSSR count). The van der Waals surface area contributed by atoms with Gasteiger partial charge in [-0.2, -0.15) is 0 Å². The number of hydrogen-bond donors (Lipinski definition) is 2. The van der Waals surface area contributed by atoms with E-state index in [1.807, 2.05) is 0 Å². The van der Waals surface area contributed by atoms with Crippen LogP contribution >= 0.6 is 0 Å². The number of nitrogens with one attached hydrogen (secondary N) is 2. The SMILES string of the molecule is COc1ccc(OC)c(C(C)NC(=O)NCc2ccccc2OC(F)(F)F)c1. The number of benzene rings is 2. The predicted octanol–water partition coefficient (Wildman–Crippen LogP) is 4.16. The summed E-state index contributed by atoms with van der Waals surface area (Å²) in [7, 11) is 3.03. The Kier molecular flexibility index (Phi) is 6.97. The van der Waals surface area contributed by atoms with Crippen molar-refractivity contribution in [1.29, 1.82) is 0 Å². The average Bonchev–Trinajstić information content (AvgIpc) is 2.65. The van der Waals surface area contributed by atoms with Gasteiger partial charge < -0.3 is 24.8 Å². The maximum Gasteiger partial charge on any atom is 0.573 e. The first-order valence-corrected chi connectivity index (χ1v) is 8.33. The van der Waals surface area contributed by atoms with E-state index in [9.17, 15) is 18.0 Å². The number of alkyl halides is 3. The molecule has 2 aromatic rings. The van der Waals surface area contributed by atoms with E-state index < -0.39 is 18.4 Å². The molecule has 2 N–H and O–H groups in total. The monoisotopic (exact) mass is 398 g/mol. The first kappa shape index (κ1) is 21.2. The quantitative estimate of drug-likeness (QED) is 0.735. The first-order valence-electron chi connectivity index (χ1n) is 8.33. The lowest BCUT2D eigenvalue weighted by Gasteiger charge is -2.19. The van der Waals surface area contributed by atoms with E-state index in [2.05, 4.69) is 15.4 Å². The molecule has 0 aliphatic heterocycles. The molecule has 0 bridgehead atoms. The van der Waals surface area contributed by atoms with Gasteiger partial charge in [-0.3, -0.25) is 0 Å². The van der Waals surface area contributed by atoms with Crippen molar-refractivity contribution >= 4 is 6.03 Å². The highest BCUT2D eigenvalue weighted by molar-refractivity contribution is 5.74. The molecular weight excluding hydrogens is 377 g/mol.